The molecule has 1 aromatic rings. The van der Waals surface area contributed by atoms with E-state index in [2.05, 4.69) is 18.3 Å². The van der Waals surface area contributed by atoms with Gasteiger partial charge in [-0.25, -0.2) is 4.79 Å². The molecule has 24 heavy (non-hydrogen) atoms. The van der Waals surface area contributed by atoms with Gasteiger partial charge in [0.2, 0.25) is 0 Å². The lowest BCUT2D eigenvalue weighted by atomic mass is 9.88. The number of carbonyl (C=O) groups excluding carboxylic acids is 1. The average Bonchev–Trinajstić information content (AvgIpc) is 2.54. The summed E-state index contributed by atoms with van der Waals surface area (Å²) in [6, 6.07) is 6.50. The van der Waals surface area contributed by atoms with Gasteiger partial charge in [-0.05, 0) is 30.0 Å². The summed E-state index contributed by atoms with van der Waals surface area (Å²) in [5, 5.41) is 10.5. The normalized spacial score (nSPS) is 19.8. The van der Waals surface area contributed by atoms with E-state index in [0.29, 0.717) is 6.04 Å². The van der Waals surface area contributed by atoms with Crippen LogP contribution in [0.1, 0.15) is 28.4 Å². The van der Waals surface area contributed by atoms with Crippen molar-refractivity contribution in [1.82, 2.24) is 10.2 Å². The molecule has 1 unspecified atom stereocenters. The zero-order chi connectivity index (χ0) is 17.9. The zero-order valence-electron chi connectivity index (χ0n) is 13.2. The summed E-state index contributed by atoms with van der Waals surface area (Å²) in [5.41, 5.74) is 3.55. The molecule has 2 N–H and O–H groups in total. The summed E-state index contributed by atoms with van der Waals surface area (Å²) < 4.78 is 31.7. The number of piperazine rings is 1. The van der Waals surface area contributed by atoms with Crippen LogP contribution in [0.4, 0.5) is 13.2 Å². The number of aliphatic carboxylic acids is 1. The Morgan fingerprint density at radius 3 is 2.67 bits per heavy atom. The van der Waals surface area contributed by atoms with Crippen LogP contribution in [0.25, 0.3) is 0 Å². The maximum absolute atomic E-state index is 12.4. The molecule has 2 aliphatic rings. The van der Waals surface area contributed by atoms with Gasteiger partial charge in [-0.1, -0.05) is 19.1 Å². The lowest BCUT2D eigenvalue weighted by Crippen LogP contribution is -2.56. The van der Waals surface area contributed by atoms with E-state index in [0.717, 1.165) is 38.0 Å². The number of rotatable bonds is 1. The van der Waals surface area contributed by atoms with Crippen molar-refractivity contribution < 1.29 is 27.9 Å². The van der Waals surface area contributed by atoms with E-state index in [-0.39, 0.29) is 5.91 Å². The second kappa shape index (κ2) is 7.21. The van der Waals surface area contributed by atoms with Crippen molar-refractivity contribution in [3.05, 3.63) is 34.9 Å². The van der Waals surface area contributed by atoms with Gasteiger partial charge < -0.3 is 15.3 Å². The predicted octanol–water partition coefficient (Wildman–Crippen LogP) is 1.85. The van der Waals surface area contributed by atoms with Gasteiger partial charge in [0.15, 0.2) is 0 Å². The minimum Gasteiger partial charge on any atom is -0.475 e. The van der Waals surface area contributed by atoms with Crippen LogP contribution in [0.15, 0.2) is 18.2 Å². The van der Waals surface area contributed by atoms with Gasteiger partial charge in [-0.2, -0.15) is 13.2 Å². The van der Waals surface area contributed by atoms with Crippen molar-refractivity contribution in [3.63, 3.8) is 0 Å². The van der Waals surface area contributed by atoms with Gasteiger partial charge in [0.25, 0.3) is 5.91 Å². The SMILES string of the molecule is CCc1cccc2c1CC1CNCCN1C2=O.O=C(O)C(F)(F)F. The highest BCUT2D eigenvalue weighted by Crippen LogP contribution is 2.27. The predicted molar refractivity (Wildman–Crippen MR) is 80.9 cm³/mol. The van der Waals surface area contributed by atoms with Crippen molar-refractivity contribution in [2.75, 3.05) is 19.6 Å². The Morgan fingerprint density at radius 1 is 1.42 bits per heavy atom. The number of carbonyl (C=O) groups is 2. The highest BCUT2D eigenvalue weighted by Gasteiger charge is 2.38. The number of aryl methyl sites for hydroxylation is 1. The van der Waals surface area contributed by atoms with Crippen LogP contribution in [0.3, 0.4) is 0 Å². The Labute approximate surface area is 137 Å². The average molecular weight is 344 g/mol. The van der Waals surface area contributed by atoms with Crippen LogP contribution in [0.5, 0.6) is 0 Å². The fourth-order valence-electron chi connectivity index (χ4n) is 3.01. The molecule has 1 aromatic carbocycles. The first-order valence-corrected chi connectivity index (χ1v) is 7.68. The molecule has 1 amide bonds. The number of carboxylic acids is 1. The van der Waals surface area contributed by atoms with Crippen LogP contribution in [-0.4, -0.2) is 53.7 Å². The van der Waals surface area contributed by atoms with Gasteiger partial charge in [0.1, 0.15) is 0 Å². The maximum atomic E-state index is 12.4. The first kappa shape index (κ1) is 18.3. The third-order valence-electron chi connectivity index (χ3n) is 4.18. The third-order valence-corrected chi connectivity index (χ3v) is 4.18. The first-order chi connectivity index (χ1) is 11.3. The second-order valence-corrected chi connectivity index (χ2v) is 5.66. The topological polar surface area (TPSA) is 69.6 Å². The Kier molecular flexibility index (Phi) is 5.48. The molecule has 2 aliphatic heterocycles. The number of carboxylic acid groups (broad SMARTS) is 1. The third kappa shape index (κ3) is 3.87. The number of hydrogen-bond acceptors (Lipinski definition) is 3. The Hall–Kier alpha value is -2.09. The van der Waals surface area contributed by atoms with Gasteiger partial charge >= 0.3 is 12.1 Å². The molecule has 5 nitrogen and oxygen atoms in total. The monoisotopic (exact) mass is 344 g/mol. The number of nitrogens with zero attached hydrogens (tertiary/aromatic N) is 1. The Morgan fingerprint density at radius 2 is 2.08 bits per heavy atom. The summed E-state index contributed by atoms with van der Waals surface area (Å²) in [5.74, 6) is -2.53. The first-order valence-electron chi connectivity index (χ1n) is 7.68. The van der Waals surface area contributed by atoms with Crippen LogP contribution in [0.2, 0.25) is 0 Å². The van der Waals surface area contributed by atoms with Crippen molar-refractivity contribution in [1.29, 1.82) is 0 Å². The van der Waals surface area contributed by atoms with Crippen molar-refractivity contribution in [3.8, 4) is 0 Å². The van der Waals surface area contributed by atoms with Crippen molar-refractivity contribution in [2.45, 2.75) is 32.0 Å². The summed E-state index contributed by atoms with van der Waals surface area (Å²) in [6.07, 6.45) is -3.06. The molecule has 0 aromatic heterocycles. The Balaban J connectivity index is 0.000000256. The number of nitrogens with one attached hydrogen (secondary N) is 1. The molecule has 0 saturated carbocycles. The number of hydrogen-bond donors (Lipinski definition) is 2. The summed E-state index contributed by atoms with van der Waals surface area (Å²) >= 11 is 0. The lowest BCUT2D eigenvalue weighted by molar-refractivity contribution is -0.192. The quantitative estimate of drug-likeness (QED) is 0.816. The van der Waals surface area contributed by atoms with E-state index >= 15 is 0 Å². The van der Waals surface area contributed by atoms with E-state index in [1.165, 1.54) is 11.1 Å². The van der Waals surface area contributed by atoms with Crippen LogP contribution < -0.4 is 5.32 Å². The smallest absolute Gasteiger partial charge is 0.475 e. The Bertz CT molecular complexity index is 631. The standard InChI is InChI=1S/C14H18N2O.C2HF3O2/c1-2-10-4-3-5-12-13(10)8-11-9-15-6-7-16(11)14(12)17;3-2(4,5)1(6)7/h3-5,11,15H,2,6-9H2,1H3;(H,6,7). The van der Waals surface area contributed by atoms with Crippen molar-refractivity contribution >= 4 is 11.9 Å². The lowest BCUT2D eigenvalue weighted by Gasteiger charge is -2.40. The van der Waals surface area contributed by atoms with E-state index in [4.69, 9.17) is 9.90 Å². The van der Waals surface area contributed by atoms with E-state index < -0.39 is 12.1 Å². The fourth-order valence-corrected chi connectivity index (χ4v) is 3.01. The molecule has 3 rings (SSSR count). The van der Waals surface area contributed by atoms with E-state index in [9.17, 15) is 18.0 Å². The van der Waals surface area contributed by atoms with Gasteiger partial charge in [0.05, 0.1) is 0 Å². The number of benzene rings is 1. The zero-order valence-corrected chi connectivity index (χ0v) is 13.2. The molecule has 8 heteroatoms. The van der Waals surface area contributed by atoms with Gasteiger partial charge in [0, 0.05) is 31.2 Å². The number of amides is 1. The van der Waals surface area contributed by atoms with Crippen LogP contribution >= 0.6 is 0 Å². The van der Waals surface area contributed by atoms with Crippen molar-refractivity contribution in [2.24, 2.45) is 0 Å². The molecule has 0 spiro atoms. The molecule has 1 saturated heterocycles. The van der Waals surface area contributed by atoms with E-state index in [1.54, 1.807) is 0 Å². The number of fused-ring (bicyclic) bond motifs is 2. The minimum absolute atomic E-state index is 0.230. The minimum atomic E-state index is -5.08. The number of halogens is 3. The fraction of sp³-hybridized carbons (Fsp3) is 0.500. The molecule has 0 radical (unpaired) electrons. The molecule has 1 fully saturated rings. The molecule has 2 heterocycles. The van der Waals surface area contributed by atoms with Gasteiger partial charge in [-0.3, -0.25) is 4.79 Å². The molecular weight excluding hydrogens is 325 g/mol. The molecular formula is C16H19F3N2O3. The molecule has 0 bridgehead atoms. The summed E-state index contributed by atoms with van der Waals surface area (Å²) in [4.78, 5) is 23.4. The molecule has 0 aliphatic carbocycles. The highest BCUT2D eigenvalue weighted by molar-refractivity contribution is 5.97. The number of alkyl halides is 3. The maximum Gasteiger partial charge on any atom is 0.490 e. The molecule has 132 valence electrons. The van der Waals surface area contributed by atoms with Crippen LogP contribution in [0, 0.1) is 0 Å². The summed E-state index contributed by atoms with van der Waals surface area (Å²) in [7, 11) is 0. The highest BCUT2D eigenvalue weighted by atomic mass is 19.4. The molecule has 1 atom stereocenters. The summed E-state index contributed by atoms with van der Waals surface area (Å²) in [6.45, 7) is 4.86. The van der Waals surface area contributed by atoms with Gasteiger partial charge in [-0.15, -0.1) is 0 Å². The second-order valence-electron chi connectivity index (χ2n) is 5.66. The largest absolute Gasteiger partial charge is 0.490 e. The van der Waals surface area contributed by atoms with E-state index in [1.807, 2.05) is 17.0 Å². The van der Waals surface area contributed by atoms with Crippen LogP contribution in [-0.2, 0) is 17.6 Å².